The van der Waals surface area contributed by atoms with Gasteiger partial charge in [-0.1, -0.05) is 66.7 Å². The van der Waals surface area contributed by atoms with E-state index in [0.717, 1.165) is 12.2 Å². The third-order valence-electron chi connectivity index (χ3n) is 4.80. The van der Waals surface area contributed by atoms with Crippen LogP contribution in [0.4, 0.5) is 0 Å². The lowest BCUT2D eigenvalue weighted by Crippen LogP contribution is -2.18. The summed E-state index contributed by atoms with van der Waals surface area (Å²) in [5, 5.41) is 2.41. The van der Waals surface area contributed by atoms with Gasteiger partial charge in [0.15, 0.2) is 0 Å². The fourth-order valence-electron chi connectivity index (χ4n) is 3.78. The predicted octanol–water partition coefficient (Wildman–Crippen LogP) is 4.80. The second kappa shape index (κ2) is 4.59. The van der Waals surface area contributed by atoms with Crippen molar-refractivity contribution in [3.8, 4) is 5.75 Å². The zero-order valence-corrected chi connectivity index (χ0v) is 12.1. The van der Waals surface area contributed by atoms with Gasteiger partial charge in [0, 0.05) is 23.3 Å². The standard InChI is InChI=1S/C20H16O2/c1-2-7-14(8-3-1)19-17-12-18(21-19)22-20-15-9-5-4-6-13(15)10-11-16(17)20/h1-11,17-19H,12H2/t17-,18-,19+/m0/s1. The van der Waals surface area contributed by atoms with E-state index in [1.807, 2.05) is 6.07 Å². The third-order valence-corrected chi connectivity index (χ3v) is 4.80. The first kappa shape index (κ1) is 12.2. The van der Waals surface area contributed by atoms with Gasteiger partial charge in [0.05, 0.1) is 6.10 Å². The van der Waals surface area contributed by atoms with Crippen LogP contribution in [-0.2, 0) is 4.74 Å². The molecule has 0 N–H and O–H groups in total. The van der Waals surface area contributed by atoms with Crippen LogP contribution in [0.1, 0.15) is 29.6 Å². The van der Waals surface area contributed by atoms with E-state index in [0.29, 0.717) is 5.92 Å². The second-order valence-electron chi connectivity index (χ2n) is 6.06. The molecule has 0 saturated carbocycles. The zero-order valence-electron chi connectivity index (χ0n) is 12.1. The zero-order chi connectivity index (χ0) is 14.5. The van der Waals surface area contributed by atoms with E-state index in [-0.39, 0.29) is 12.4 Å². The summed E-state index contributed by atoms with van der Waals surface area (Å²) in [5.74, 6) is 1.39. The van der Waals surface area contributed by atoms with Gasteiger partial charge >= 0.3 is 0 Å². The Morgan fingerprint density at radius 1 is 0.818 bits per heavy atom. The van der Waals surface area contributed by atoms with Crippen LogP contribution < -0.4 is 4.74 Å². The fraction of sp³-hybridized carbons (Fsp3) is 0.200. The number of hydrogen-bond donors (Lipinski definition) is 0. The highest BCUT2D eigenvalue weighted by molar-refractivity contribution is 5.90. The summed E-state index contributed by atoms with van der Waals surface area (Å²) >= 11 is 0. The molecule has 0 aliphatic carbocycles. The molecule has 2 heterocycles. The van der Waals surface area contributed by atoms with E-state index in [1.165, 1.54) is 21.9 Å². The van der Waals surface area contributed by atoms with Gasteiger partial charge in [0.1, 0.15) is 5.75 Å². The van der Waals surface area contributed by atoms with E-state index in [2.05, 4.69) is 60.7 Å². The summed E-state index contributed by atoms with van der Waals surface area (Å²) in [6.07, 6.45) is 0.896. The Balaban J connectivity index is 1.67. The molecule has 1 fully saturated rings. The molecule has 2 aliphatic rings. The molecule has 2 nitrogen and oxygen atoms in total. The highest BCUT2D eigenvalue weighted by atomic mass is 16.7. The van der Waals surface area contributed by atoms with Crippen molar-refractivity contribution in [2.75, 3.05) is 0 Å². The average molecular weight is 288 g/mol. The Morgan fingerprint density at radius 2 is 1.64 bits per heavy atom. The Hall–Kier alpha value is -2.32. The van der Waals surface area contributed by atoms with Crippen molar-refractivity contribution in [3.05, 3.63) is 77.9 Å². The normalized spacial score (nSPS) is 25.7. The second-order valence-corrected chi connectivity index (χ2v) is 6.06. The smallest absolute Gasteiger partial charge is 0.201 e. The Morgan fingerprint density at radius 3 is 2.55 bits per heavy atom. The van der Waals surface area contributed by atoms with Crippen LogP contribution in [0.15, 0.2) is 66.7 Å². The molecule has 22 heavy (non-hydrogen) atoms. The van der Waals surface area contributed by atoms with E-state index < -0.39 is 0 Å². The van der Waals surface area contributed by atoms with Gasteiger partial charge in [0.25, 0.3) is 0 Å². The van der Waals surface area contributed by atoms with Crippen LogP contribution in [0.3, 0.4) is 0 Å². The molecule has 108 valence electrons. The van der Waals surface area contributed by atoms with Crippen molar-refractivity contribution in [2.24, 2.45) is 0 Å². The number of fused-ring (bicyclic) bond motifs is 6. The van der Waals surface area contributed by atoms with E-state index >= 15 is 0 Å². The molecule has 1 saturated heterocycles. The van der Waals surface area contributed by atoms with E-state index in [9.17, 15) is 0 Å². The maximum absolute atomic E-state index is 6.18. The van der Waals surface area contributed by atoms with Gasteiger partial charge in [-0.05, 0) is 10.9 Å². The molecular weight excluding hydrogens is 272 g/mol. The highest BCUT2D eigenvalue weighted by Gasteiger charge is 2.43. The molecular formula is C20H16O2. The van der Waals surface area contributed by atoms with Crippen LogP contribution in [-0.4, -0.2) is 6.29 Å². The monoisotopic (exact) mass is 288 g/mol. The SMILES string of the molecule is c1ccc([C@H]2O[C@@H]3C[C@H]2c2ccc4ccccc4c2O3)cc1. The molecule has 2 heteroatoms. The Labute approximate surface area is 129 Å². The Bertz CT molecular complexity index is 841. The van der Waals surface area contributed by atoms with Gasteiger partial charge in [-0.25, -0.2) is 0 Å². The lowest BCUT2D eigenvalue weighted by Gasteiger charge is -2.24. The summed E-state index contributed by atoms with van der Waals surface area (Å²) < 4.78 is 12.3. The van der Waals surface area contributed by atoms with Crippen LogP contribution in [0.2, 0.25) is 0 Å². The molecule has 0 unspecified atom stereocenters. The first-order valence-electron chi connectivity index (χ1n) is 7.79. The van der Waals surface area contributed by atoms with Gasteiger partial charge in [-0.3, -0.25) is 0 Å². The largest absolute Gasteiger partial charge is 0.464 e. The van der Waals surface area contributed by atoms with Crippen molar-refractivity contribution >= 4 is 10.8 Å². The van der Waals surface area contributed by atoms with Gasteiger partial charge < -0.3 is 9.47 Å². The molecule has 2 bridgehead atoms. The van der Waals surface area contributed by atoms with E-state index in [1.54, 1.807) is 0 Å². The topological polar surface area (TPSA) is 18.5 Å². The average Bonchev–Trinajstić information content (AvgIpc) is 2.93. The first-order valence-corrected chi connectivity index (χ1v) is 7.79. The fourth-order valence-corrected chi connectivity index (χ4v) is 3.78. The molecule has 3 aromatic carbocycles. The summed E-state index contributed by atoms with van der Waals surface area (Å²) in [6, 6.07) is 23.3. The van der Waals surface area contributed by atoms with E-state index in [4.69, 9.17) is 9.47 Å². The summed E-state index contributed by atoms with van der Waals surface area (Å²) in [6.45, 7) is 0. The van der Waals surface area contributed by atoms with Crippen LogP contribution >= 0.6 is 0 Å². The Kier molecular flexibility index (Phi) is 2.55. The van der Waals surface area contributed by atoms with Crippen LogP contribution in [0, 0.1) is 0 Å². The minimum atomic E-state index is -0.131. The van der Waals surface area contributed by atoms with Crippen molar-refractivity contribution in [3.63, 3.8) is 0 Å². The summed E-state index contributed by atoms with van der Waals surface area (Å²) in [7, 11) is 0. The quantitative estimate of drug-likeness (QED) is 0.640. The van der Waals surface area contributed by atoms with Crippen molar-refractivity contribution < 1.29 is 9.47 Å². The van der Waals surface area contributed by atoms with Crippen LogP contribution in [0.25, 0.3) is 10.8 Å². The van der Waals surface area contributed by atoms with Crippen molar-refractivity contribution in [1.82, 2.24) is 0 Å². The number of benzene rings is 3. The maximum Gasteiger partial charge on any atom is 0.201 e. The lowest BCUT2D eigenvalue weighted by molar-refractivity contribution is -0.0703. The first-order chi connectivity index (χ1) is 10.9. The summed E-state index contributed by atoms with van der Waals surface area (Å²) in [4.78, 5) is 0. The highest BCUT2D eigenvalue weighted by Crippen LogP contribution is 2.53. The molecule has 0 aromatic heterocycles. The molecule has 0 radical (unpaired) electrons. The van der Waals surface area contributed by atoms with Gasteiger partial charge in [-0.15, -0.1) is 0 Å². The molecule has 3 atom stereocenters. The van der Waals surface area contributed by atoms with Crippen LogP contribution in [0.5, 0.6) is 5.75 Å². The van der Waals surface area contributed by atoms with Gasteiger partial charge in [0.2, 0.25) is 6.29 Å². The predicted molar refractivity (Wildman–Crippen MR) is 86.0 cm³/mol. The van der Waals surface area contributed by atoms with Crippen molar-refractivity contribution in [2.45, 2.75) is 24.7 Å². The third kappa shape index (κ3) is 1.71. The number of rotatable bonds is 1. The maximum atomic E-state index is 6.18. The lowest BCUT2D eigenvalue weighted by atomic mass is 9.85. The number of hydrogen-bond acceptors (Lipinski definition) is 2. The molecule has 2 aliphatic heterocycles. The minimum Gasteiger partial charge on any atom is -0.464 e. The summed E-state index contributed by atoms with van der Waals surface area (Å²) in [5.41, 5.74) is 2.51. The number of ether oxygens (including phenoxy) is 2. The van der Waals surface area contributed by atoms with Crippen molar-refractivity contribution in [1.29, 1.82) is 0 Å². The van der Waals surface area contributed by atoms with Gasteiger partial charge in [-0.2, -0.15) is 0 Å². The molecule has 0 amide bonds. The minimum absolute atomic E-state index is 0.0913. The molecule has 5 rings (SSSR count). The molecule has 0 spiro atoms. The molecule has 3 aromatic rings.